The lowest BCUT2D eigenvalue weighted by Gasteiger charge is -2.09. The van der Waals surface area contributed by atoms with E-state index in [0.717, 1.165) is 0 Å². The fourth-order valence-electron chi connectivity index (χ4n) is 1.63. The second kappa shape index (κ2) is 5.69. The minimum atomic E-state index is -3.90. The molecule has 0 saturated carbocycles. The van der Waals surface area contributed by atoms with Crippen LogP contribution in [0.25, 0.3) is 0 Å². The van der Waals surface area contributed by atoms with Crippen LogP contribution in [0.1, 0.15) is 11.3 Å². The van der Waals surface area contributed by atoms with Crippen molar-refractivity contribution >= 4 is 15.7 Å². The molecule has 2 aromatic rings. The highest BCUT2D eigenvalue weighted by Gasteiger charge is 2.19. The number of pyridine rings is 1. The molecule has 0 aliphatic heterocycles. The van der Waals surface area contributed by atoms with E-state index < -0.39 is 10.0 Å². The number of anilines is 1. The maximum atomic E-state index is 12.2. The number of aliphatic hydroxyl groups excluding tert-OH is 1. The summed E-state index contributed by atoms with van der Waals surface area (Å²) in [7, 11) is -3.90. The van der Waals surface area contributed by atoms with Gasteiger partial charge in [0, 0.05) is 11.9 Å². The van der Waals surface area contributed by atoms with Crippen molar-refractivity contribution in [1.82, 2.24) is 4.98 Å². The van der Waals surface area contributed by atoms with Crippen LogP contribution in [0.5, 0.6) is 0 Å². The smallest absolute Gasteiger partial charge is 0.264 e. The van der Waals surface area contributed by atoms with Gasteiger partial charge in [0.15, 0.2) is 5.69 Å². The first kappa shape index (κ1) is 14.0. The highest BCUT2D eigenvalue weighted by atomic mass is 32.2. The summed E-state index contributed by atoms with van der Waals surface area (Å²) in [4.78, 5) is 3.54. The number of nitrogens with one attached hydrogen (secondary N) is 1. The summed E-state index contributed by atoms with van der Waals surface area (Å²) in [6.45, 7) is -0.189. The summed E-state index contributed by atoms with van der Waals surface area (Å²) in [5.74, 6) is 0. The molecule has 0 amide bonds. The van der Waals surface area contributed by atoms with E-state index in [-0.39, 0.29) is 17.2 Å². The van der Waals surface area contributed by atoms with Crippen LogP contribution in [-0.2, 0) is 16.6 Å². The number of sulfonamides is 1. The minimum Gasteiger partial charge on any atom is -0.392 e. The zero-order chi connectivity index (χ0) is 14.6. The highest BCUT2D eigenvalue weighted by Crippen LogP contribution is 2.18. The van der Waals surface area contributed by atoms with Crippen molar-refractivity contribution in [3.8, 4) is 6.07 Å². The quantitative estimate of drug-likeness (QED) is 0.881. The SMILES string of the molecule is N#Cc1ncccc1S(=O)(=O)Nc1cccc(CO)c1. The van der Waals surface area contributed by atoms with E-state index in [1.54, 1.807) is 24.3 Å². The topological polar surface area (TPSA) is 103 Å². The molecule has 1 heterocycles. The van der Waals surface area contributed by atoms with E-state index in [4.69, 9.17) is 10.4 Å². The normalized spacial score (nSPS) is 10.8. The standard InChI is InChI=1S/C13H11N3O3S/c14-8-12-13(5-2-6-15-12)20(18,19)16-11-4-1-3-10(7-11)9-17/h1-7,16-17H,9H2. The van der Waals surface area contributed by atoms with Crippen LogP contribution >= 0.6 is 0 Å². The molecule has 102 valence electrons. The molecule has 0 saturated heterocycles. The molecule has 0 bridgehead atoms. The summed E-state index contributed by atoms with van der Waals surface area (Å²) < 4.78 is 26.8. The molecule has 1 aromatic heterocycles. The predicted octanol–water partition coefficient (Wildman–Crippen LogP) is 1.25. The molecule has 6 nitrogen and oxygen atoms in total. The second-order valence-corrected chi connectivity index (χ2v) is 5.58. The number of hydrogen-bond donors (Lipinski definition) is 2. The van der Waals surface area contributed by atoms with Gasteiger partial charge in [0.2, 0.25) is 0 Å². The number of hydrogen-bond acceptors (Lipinski definition) is 5. The van der Waals surface area contributed by atoms with Crippen molar-refractivity contribution in [2.45, 2.75) is 11.5 Å². The van der Waals surface area contributed by atoms with Gasteiger partial charge in [0.25, 0.3) is 10.0 Å². The summed E-state index contributed by atoms with van der Waals surface area (Å²) in [5, 5.41) is 17.9. The summed E-state index contributed by atoms with van der Waals surface area (Å²) >= 11 is 0. The van der Waals surface area contributed by atoms with Gasteiger partial charge < -0.3 is 5.11 Å². The Balaban J connectivity index is 2.39. The molecule has 0 aliphatic rings. The molecule has 0 radical (unpaired) electrons. The van der Waals surface area contributed by atoms with E-state index in [1.165, 1.54) is 24.4 Å². The van der Waals surface area contributed by atoms with Crippen molar-refractivity contribution in [1.29, 1.82) is 5.26 Å². The number of aromatic nitrogens is 1. The number of nitriles is 1. The van der Waals surface area contributed by atoms with Gasteiger partial charge in [-0.2, -0.15) is 5.26 Å². The summed E-state index contributed by atoms with van der Waals surface area (Å²) in [6, 6.07) is 10.9. The Morgan fingerprint density at radius 2 is 2.10 bits per heavy atom. The Hall–Kier alpha value is -2.43. The van der Waals surface area contributed by atoms with E-state index in [9.17, 15) is 8.42 Å². The Morgan fingerprint density at radius 3 is 2.80 bits per heavy atom. The fraction of sp³-hybridized carbons (Fsp3) is 0.0769. The molecule has 20 heavy (non-hydrogen) atoms. The average molecular weight is 289 g/mol. The number of rotatable bonds is 4. The minimum absolute atomic E-state index is 0.168. The molecule has 0 fully saturated rings. The predicted molar refractivity (Wildman–Crippen MR) is 72.1 cm³/mol. The monoisotopic (exact) mass is 289 g/mol. The lowest BCUT2D eigenvalue weighted by atomic mass is 10.2. The Kier molecular flexibility index (Phi) is 3.98. The Bertz CT molecular complexity index is 766. The van der Waals surface area contributed by atoms with Crippen molar-refractivity contribution in [2.24, 2.45) is 0 Å². The van der Waals surface area contributed by atoms with Gasteiger partial charge in [-0.1, -0.05) is 12.1 Å². The van der Waals surface area contributed by atoms with Crippen LogP contribution in [0.15, 0.2) is 47.5 Å². The van der Waals surface area contributed by atoms with Gasteiger partial charge in [-0.3, -0.25) is 4.72 Å². The number of nitrogens with zero attached hydrogens (tertiary/aromatic N) is 2. The van der Waals surface area contributed by atoms with Crippen molar-refractivity contribution in [3.63, 3.8) is 0 Å². The third-order valence-corrected chi connectivity index (χ3v) is 3.94. The van der Waals surface area contributed by atoms with Gasteiger partial charge in [0.05, 0.1) is 6.61 Å². The second-order valence-electron chi connectivity index (χ2n) is 3.93. The van der Waals surface area contributed by atoms with Gasteiger partial charge in [-0.05, 0) is 29.8 Å². The van der Waals surface area contributed by atoms with Crippen LogP contribution in [0.2, 0.25) is 0 Å². The molecule has 2 rings (SSSR count). The van der Waals surface area contributed by atoms with Crippen LogP contribution < -0.4 is 4.72 Å². The van der Waals surface area contributed by atoms with Crippen molar-refractivity contribution in [3.05, 3.63) is 53.9 Å². The van der Waals surface area contributed by atoms with E-state index in [0.29, 0.717) is 11.3 Å². The van der Waals surface area contributed by atoms with Gasteiger partial charge in [-0.25, -0.2) is 13.4 Å². The van der Waals surface area contributed by atoms with Crippen LogP contribution in [0, 0.1) is 11.3 Å². The molecular formula is C13H11N3O3S. The van der Waals surface area contributed by atoms with Gasteiger partial charge in [0.1, 0.15) is 11.0 Å². The molecule has 0 spiro atoms. The average Bonchev–Trinajstić information content (AvgIpc) is 2.47. The molecular weight excluding hydrogens is 278 g/mol. The maximum absolute atomic E-state index is 12.2. The molecule has 0 aliphatic carbocycles. The zero-order valence-electron chi connectivity index (χ0n) is 10.3. The largest absolute Gasteiger partial charge is 0.392 e. The first-order chi connectivity index (χ1) is 9.56. The maximum Gasteiger partial charge on any atom is 0.264 e. The third kappa shape index (κ3) is 2.93. The van der Waals surface area contributed by atoms with Crippen LogP contribution in [0.3, 0.4) is 0 Å². The number of benzene rings is 1. The number of aliphatic hydroxyl groups is 1. The molecule has 1 aromatic carbocycles. The van der Waals surface area contributed by atoms with Crippen LogP contribution in [0.4, 0.5) is 5.69 Å². The van der Waals surface area contributed by atoms with Gasteiger partial charge >= 0.3 is 0 Å². The first-order valence-electron chi connectivity index (χ1n) is 5.64. The fourth-order valence-corrected chi connectivity index (χ4v) is 2.79. The molecule has 0 atom stereocenters. The molecule has 2 N–H and O–H groups in total. The lowest BCUT2D eigenvalue weighted by Crippen LogP contribution is -2.15. The van der Waals surface area contributed by atoms with Crippen molar-refractivity contribution < 1.29 is 13.5 Å². The Morgan fingerprint density at radius 1 is 1.30 bits per heavy atom. The van der Waals surface area contributed by atoms with Crippen molar-refractivity contribution in [2.75, 3.05) is 4.72 Å². The first-order valence-corrected chi connectivity index (χ1v) is 7.13. The zero-order valence-corrected chi connectivity index (χ0v) is 11.1. The van der Waals surface area contributed by atoms with Crippen LogP contribution in [-0.4, -0.2) is 18.5 Å². The third-order valence-electron chi connectivity index (χ3n) is 2.53. The molecule has 7 heteroatoms. The molecule has 0 unspecified atom stereocenters. The highest BCUT2D eigenvalue weighted by molar-refractivity contribution is 7.92. The van der Waals surface area contributed by atoms with E-state index in [2.05, 4.69) is 9.71 Å². The summed E-state index contributed by atoms with van der Waals surface area (Å²) in [5.41, 5.74) is 0.722. The lowest BCUT2D eigenvalue weighted by molar-refractivity contribution is 0.282. The van der Waals surface area contributed by atoms with E-state index in [1.807, 2.05) is 0 Å². The summed E-state index contributed by atoms with van der Waals surface area (Å²) in [6.07, 6.45) is 1.35. The van der Waals surface area contributed by atoms with Gasteiger partial charge in [-0.15, -0.1) is 0 Å². The van der Waals surface area contributed by atoms with E-state index >= 15 is 0 Å². The Labute approximate surface area is 116 Å².